The quantitative estimate of drug-likeness (QED) is 0.894. The van der Waals surface area contributed by atoms with Gasteiger partial charge in [0.25, 0.3) is 0 Å². The van der Waals surface area contributed by atoms with E-state index in [1.165, 1.54) is 0 Å². The van der Waals surface area contributed by atoms with Crippen LogP contribution in [0.1, 0.15) is 28.7 Å². The maximum atomic E-state index is 10.6. The fourth-order valence-corrected chi connectivity index (χ4v) is 2.66. The van der Waals surface area contributed by atoms with Gasteiger partial charge in [0.05, 0.1) is 16.1 Å². The zero-order chi connectivity index (χ0) is 14.7. The number of aliphatic hydroxyl groups is 1. The number of nitrogens with two attached hydrogens (primary N) is 1. The van der Waals surface area contributed by atoms with Crippen LogP contribution in [0.4, 0.5) is 0 Å². The van der Waals surface area contributed by atoms with Gasteiger partial charge in [0.2, 0.25) is 0 Å². The molecule has 20 heavy (non-hydrogen) atoms. The van der Waals surface area contributed by atoms with Gasteiger partial charge in [-0.15, -0.1) is 0 Å². The second-order valence-electron chi connectivity index (χ2n) is 4.82. The molecule has 0 saturated carbocycles. The van der Waals surface area contributed by atoms with Crippen LogP contribution in [0, 0.1) is 6.92 Å². The van der Waals surface area contributed by atoms with Crippen molar-refractivity contribution in [3.05, 3.63) is 69.2 Å². The molecule has 0 fully saturated rings. The fraction of sp³-hybridized carbons (Fsp3) is 0.250. The summed E-state index contributed by atoms with van der Waals surface area (Å²) in [5.41, 5.74) is 8.74. The number of benzene rings is 2. The number of aryl methyl sites for hydroxylation is 1. The van der Waals surface area contributed by atoms with E-state index in [4.69, 9.17) is 28.9 Å². The largest absolute Gasteiger partial charge is 0.388 e. The van der Waals surface area contributed by atoms with Crippen molar-refractivity contribution in [2.24, 2.45) is 5.73 Å². The molecule has 0 saturated heterocycles. The first-order chi connectivity index (χ1) is 9.54. The molecule has 2 unspecified atom stereocenters. The van der Waals surface area contributed by atoms with Gasteiger partial charge >= 0.3 is 0 Å². The molecule has 106 valence electrons. The zero-order valence-electron chi connectivity index (χ0n) is 11.2. The molecule has 3 N–H and O–H groups in total. The molecule has 2 aromatic carbocycles. The molecule has 0 heterocycles. The first kappa shape index (κ1) is 15.3. The second-order valence-corrected chi connectivity index (χ2v) is 5.63. The van der Waals surface area contributed by atoms with Gasteiger partial charge in [-0.05, 0) is 35.7 Å². The van der Waals surface area contributed by atoms with Gasteiger partial charge in [0.15, 0.2) is 0 Å². The van der Waals surface area contributed by atoms with E-state index in [0.29, 0.717) is 16.6 Å². The molecule has 0 radical (unpaired) electrons. The molecular formula is C16H17Cl2NO. The lowest BCUT2D eigenvalue weighted by Gasteiger charge is -2.24. The van der Waals surface area contributed by atoms with Gasteiger partial charge in [0, 0.05) is 12.5 Å². The lowest BCUT2D eigenvalue weighted by atomic mass is 9.87. The minimum Gasteiger partial charge on any atom is -0.388 e. The average Bonchev–Trinajstić information content (AvgIpc) is 2.44. The van der Waals surface area contributed by atoms with Crippen LogP contribution >= 0.6 is 23.2 Å². The lowest BCUT2D eigenvalue weighted by Crippen LogP contribution is -2.21. The standard InChI is InChI=1S/C16H17Cl2NO/c1-10-4-2-3-5-12(10)13(9-19)16(20)11-6-7-14(17)15(18)8-11/h2-8,13,16,20H,9,19H2,1H3. The van der Waals surface area contributed by atoms with Crippen molar-refractivity contribution >= 4 is 23.2 Å². The molecule has 0 amide bonds. The van der Waals surface area contributed by atoms with Gasteiger partial charge in [-0.25, -0.2) is 0 Å². The van der Waals surface area contributed by atoms with Crippen molar-refractivity contribution in [3.63, 3.8) is 0 Å². The van der Waals surface area contributed by atoms with Crippen LogP contribution in [-0.4, -0.2) is 11.7 Å². The van der Waals surface area contributed by atoms with Crippen LogP contribution in [-0.2, 0) is 0 Å². The molecule has 0 bridgehead atoms. The van der Waals surface area contributed by atoms with Crippen molar-refractivity contribution in [3.8, 4) is 0 Å². The molecular weight excluding hydrogens is 293 g/mol. The summed E-state index contributed by atoms with van der Waals surface area (Å²) in [5.74, 6) is -0.173. The minimum atomic E-state index is -0.712. The predicted molar refractivity (Wildman–Crippen MR) is 84.4 cm³/mol. The zero-order valence-corrected chi connectivity index (χ0v) is 12.7. The number of halogens is 2. The highest BCUT2D eigenvalue weighted by Crippen LogP contribution is 2.34. The number of aliphatic hydroxyl groups excluding tert-OH is 1. The Hall–Kier alpha value is -1.06. The molecule has 0 aliphatic carbocycles. The minimum absolute atomic E-state index is 0.173. The van der Waals surface area contributed by atoms with E-state index in [2.05, 4.69) is 0 Å². The highest BCUT2D eigenvalue weighted by Gasteiger charge is 2.23. The predicted octanol–water partition coefficient (Wildman–Crippen LogP) is 4.08. The van der Waals surface area contributed by atoms with E-state index in [0.717, 1.165) is 16.7 Å². The molecule has 2 nitrogen and oxygen atoms in total. The molecule has 4 heteroatoms. The van der Waals surface area contributed by atoms with Gasteiger partial charge < -0.3 is 10.8 Å². The Kier molecular flexibility index (Phi) is 5.06. The van der Waals surface area contributed by atoms with E-state index in [1.54, 1.807) is 18.2 Å². The van der Waals surface area contributed by atoms with Gasteiger partial charge in [-0.2, -0.15) is 0 Å². The maximum Gasteiger partial charge on any atom is 0.0871 e. The van der Waals surface area contributed by atoms with Gasteiger partial charge in [0.1, 0.15) is 0 Å². The average molecular weight is 310 g/mol. The van der Waals surface area contributed by atoms with Crippen LogP contribution in [0.2, 0.25) is 10.0 Å². The topological polar surface area (TPSA) is 46.2 Å². The van der Waals surface area contributed by atoms with E-state index >= 15 is 0 Å². The smallest absolute Gasteiger partial charge is 0.0871 e. The van der Waals surface area contributed by atoms with Crippen molar-refractivity contribution in [2.75, 3.05) is 6.54 Å². The molecule has 2 rings (SSSR count). The highest BCUT2D eigenvalue weighted by atomic mass is 35.5. The Morgan fingerprint density at radius 3 is 2.40 bits per heavy atom. The number of rotatable bonds is 4. The van der Waals surface area contributed by atoms with Crippen molar-refractivity contribution in [2.45, 2.75) is 18.9 Å². The van der Waals surface area contributed by atoms with Crippen molar-refractivity contribution < 1.29 is 5.11 Å². The Balaban J connectivity index is 2.36. The summed E-state index contributed by atoms with van der Waals surface area (Å²) < 4.78 is 0. The Labute approximate surface area is 129 Å². The summed E-state index contributed by atoms with van der Waals surface area (Å²) in [5, 5.41) is 11.5. The van der Waals surface area contributed by atoms with E-state index < -0.39 is 6.10 Å². The molecule has 0 aromatic heterocycles. The van der Waals surface area contributed by atoms with Crippen LogP contribution in [0.15, 0.2) is 42.5 Å². The van der Waals surface area contributed by atoms with Crippen molar-refractivity contribution in [1.82, 2.24) is 0 Å². The van der Waals surface area contributed by atoms with E-state index in [-0.39, 0.29) is 5.92 Å². The van der Waals surface area contributed by atoms with Crippen LogP contribution in [0.3, 0.4) is 0 Å². The number of hydrogen-bond donors (Lipinski definition) is 2. The fourth-order valence-electron chi connectivity index (χ4n) is 2.36. The molecule has 0 aliphatic rings. The lowest BCUT2D eigenvalue weighted by molar-refractivity contribution is 0.147. The highest BCUT2D eigenvalue weighted by molar-refractivity contribution is 6.42. The van der Waals surface area contributed by atoms with E-state index in [9.17, 15) is 5.11 Å². The summed E-state index contributed by atoms with van der Waals surface area (Å²) in [6.07, 6.45) is -0.712. The van der Waals surface area contributed by atoms with Crippen LogP contribution < -0.4 is 5.73 Å². The summed E-state index contributed by atoms with van der Waals surface area (Å²) >= 11 is 11.9. The summed E-state index contributed by atoms with van der Waals surface area (Å²) in [6.45, 7) is 2.37. The third-order valence-electron chi connectivity index (χ3n) is 3.51. The molecule has 2 aromatic rings. The van der Waals surface area contributed by atoms with Crippen LogP contribution in [0.5, 0.6) is 0 Å². The second kappa shape index (κ2) is 6.59. The maximum absolute atomic E-state index is 10.6. The van der Waals surface area contributed by atoms with E-state index in [1.807, 2.05) is 31.2 Å². The Morgan fingerprint density at radius 2 is 1.80 bits per heavy atom. The number of hydrogen-bond acceptors (Lipinski definition) is 2. The Bertz CT molecular complexity index is 601. The van der Waals surface area contributed by atoms with Crippen molar-refractivity contribution in [1.29, 1.82) is 0 Å². The molecule has 0 aliphatic heterocycles. The van der Waals surface area contributed by atoms with Crippen LogP contribution in [0.25, 0.3) is 0 Å². The summed E-state index contributed by atoms with van der Waals surface area (Å²) in [7, 11) is 0. The normalized spacial score (nSPS) is 14.1. The third kappa shape index (κ3) is 3.15. The Morgan fingerprint density at radius 1 is 1.10 bits per heavy atom. The summed E-state index contributed by atoms with van der Waals surface area (Å²) in [6, 6.07) is 13.1. The molecule has 2 atom stereocenters. The first-order valence-electron chi connectivity index (χ1n) is 6.43. The summed E-state index contributed by atoms with van der Waals surface area (Å²) in [4.78, 5) is 0. The monoisotopic (exact) mass is 309 g/mol. The first-order valence-corrected chi connectivity index (χ1v) is 7.18. The SMILES string of the molecule is Cc1ccccc1C(CN)C(O)c1ccc(Cl)c(Cl)c1. The van der Waals surface area contributed by atoms with Gasteiger partial charge in [-0.1, -0.05) is 53.5 Å². The van der Waals surface area contributed by atoms with Gasteiger partial charge in [-0.3, -0.25) is 0 Å². The molecule has 0 spiro atoms. The third-order valence-corrected chi connectivity index (χ3v) is 4.25.